The molecule has 13 heteroatoms. The van der Waals surface area contributed by atoms with Gasteiger partial charge in [0.1, 0.15) is 17.3 Å². The largest absolute Gasteiger partial charge is 0.392 e. The van der Waals surface area contributed by atoms with E-state index in [9.17, 15) is 23.1 Å². The van der Waals surface area contributed by atoms with Crippen LogP contribution in [-0.4, -0.2) is 43.7 Å². The van der Waals surface area contributed by atoms with Crippen LogP contribution in [0.15, 0.2) is 69.3 Å². The monoisotopic (exact) mass is 632 g/mol. The van der Waals surface area contributed by atoms with E-state index in [-0.39, 0.29) is 44.1 Å². The predicted molar refractivity (Wildman–Crippen MR) is 170 cm³/mol. The molecule has 0 atom stereocenters. The third-order valence-electron chi connectivity index (χ3n) is 7.66. The molecule has 0 amide bonds. The van der Waals surface area contributed by atoms with E-state index >= 15 is 4.39 Å². The number of aliphatic hydroxyl groups excluding tert-OH is 1. The van der Waals surface area contributed by atoms with Crippen molar-refractivity contribution in [2.45, 2.75) is 63.7 Å². The summed E-state index contributed by atoms with van der Waals surface area (Å²) >= 11 is 0. The number of H-pyrrole nitrogens is 1. The quantitative estimate of drug-likeness (QED) is 0.231. The third-order valence-corrected chi connectivity index (χ3v) is 9.80. The van der Waals surface area contributed by atoms with Crippen molar-refractivity contribution in [3.63, 3.8) is 0 Å². The van der Waals surface area contributed by atoms with Gasteiger partial charge in [0.2, 0.25) is 0 Å². The Hall–Kier alpha value is -4.75. The molecule has 3 heterocycles. The third kappa shape index (κ3) is 5.76. The molecule has 0 unspecified atom stereocenters. The van der Waals surface area contributed by atoms with Crippen LogP contribution in [-0.2, 0) is 21.9 Å². The smallest absolute Gasteiger partial charge is 0.288 e. The molecule has 0 fully saturated rings. The van der Waals surface area contributed by atoms with Gasteiger partial charge in [-0.1, -0.05) is 32.9 Å². The fourth-order valence-electron chi connectivity index (χ4n) is 4.97. The maximum atomic E-state index is 15.3. The van der Waals surface area contributed by atoms with Crippen molar-refractivity contribution in [3.8, 4) is 16.9 Å². The van der Waals surface area contributed by atoms with Gasteiger partial charge in [-0.2, -0.15) is 14.9 Å². The van der Waals surface area contributed by atoms with Gasteiger partial charge in [0.15, 0.2) is 9.84 Å². The number of nitrogens with zero attached hydrogens (tertiary/aromatic N) is 4. The average molecular weight is 633 g/mol. The van der Waals surface area contributed by atoms with Gasteiger partial charge in [-0.15, -0.1) is 0 Å². The van der Waals surface area contributed by atoms with E-state index in [4.69, 9.17) is 0 Å². The molecule has 2 aromatic carbocycles. The lowest BCUT2D eigenvalue weighted by molar-refractivity contribution is 0.281. The van der Waals surface area contributed by atoms with Crippen molar-refractivity contribution in [3.05, 3.63) is 98.1 Å². The number of hydrogen-bond acceptors (Lipinski definition) is 9. The predicted octanol–water partition coefficient (Wildman–Crippen LogP) is 4.69. The molecule has 11 nitrogen and oxygen atoms in total. The summed E-state index contributed by atoms with van der Waals surface area (Å²) in [5.41, 5.74) is 0.791. The van der Waals surface area contributed by atoms with Crippen molar-refractivity contribution in [2.75, 3.05) is 5.32 Å². The molecule has 0 bridgehead atoms. The standard InChI is InChI=1S/C32H33FN6O5S/c1-17(2)45(43,44)21-10-11-26(34-15-21)36-29-18(3)28(37-38-30(29)41)22-8-7-9-25(23(22)16-40)39-31(42)27-19(14-35-39)12-20(13-24(27)33)32(4,5)6/h7-15,17,40H,16H2,1-6H3,(H,38,41)(H,34,36,37). The van der Waals surface area contributed by atoms with Gasteiger partial charge in [-0.25, -0.2) is 22.9 Å². The number of nitrogens with one attached hydrogen (secondary N) is 2. The van der Waals surface area contributed by atoms with Crippen LogP contribution in [0.2, 0.25) is 0 Å². The molecule has 5 aromatic rings. The number of aliphatic hydroxyl groups is 1. The maximum Gasteiger partial charge on any atom is 0.288 e. The molecule has 0 saturated carbocycles. The Labute approximate surface area is 258 Å². The number of rotatable bonds is 7. The number of aromatic nitrogens is 5. The van der Waals surface area contributed by atoms with E-state index in [1.54, 1.807) is 45.0 Å². The van der Waals surface area contributed by atoms with Gasteiger partial charge in [0, 0.05) is 28.3 Å². The van der Waals surface area contributed by atoms with E-state index in [2.05, 4.69) is 25.6 Å². The van der Waals surface area contributed by atoms with E-state index < -0.39 is 38.6 Å². The minimum atomic E-state index is -3.53. The number of aromatic amines is 1. The molecule has 3 aromatic heterocycles. The number of hydrogen-bond donors (Lipinski definition) is 3. The number of anilines is 2. The minimum Gasteiger partial charge on any atom is -0.392 e. The maximum absolute atomic E-state index is 15.3. The second-order valence-electron chi connectivity index (χ2n) is 12.0. The Morgan fingerprint density at radius 2 is 1.82 bits per heavy atom. The van der Waals surface area contributed by atoms with Gasteiger partial charge in [-0.3, -0.25) is 9.59 Å². The summed E-state index contributed by atoms with van der Waals surface area (Å²) < 4.78 is 41.3. The lowest BCUT2D eigenvalue weighted by atomic mass is 9.86. The molecule has 0 aliphatic carbocycles. The number of sulfone groups is 1. The number of halogens is 1. The summed E-state index contributed by atoms with van der Waals surface area (Å²) in [6.45, 7) is 10.1. The highest BCUT2D eigenvalue weighted by atomic mass is 32.2. The van der Waals surface area contributed by atoms with E-state index in [0.29, 0.717) is 16.5 Å². The second kappa shape index (κ2) is 11.6. The molecular formula is C32H33FN6O5S. The van der Waals surface area contributed by atoms with Crippen molar-refractivity contribution in [2.24, 2.45) is 0 Å². The number of pyridine rings is 1. The van der Waals surface area contributed by atoms with E-state index in [1.807, 2.05) is 20.8 Å². The van der Waals surface area contributed by atoms with E-state index in [0.717, 1.165) is 10.2 Å². The Morgan fingerprint density at radius 1 is 1.09 bits per heavy atom. The second-order valence-corrected chi connectivity index (χ2v) is 14.5. The molecule has 234 valence electrons. The van der Waals surface area contributed by atoms with Crippen LogP contribution in [0.1, 0.15) is 51.3 Å². The first-order valence-corrected chi connectivity index (χ1v) is 15.7. The molecule has 0 saturated heterocycles. The van der Waals surface area contributed by atoms with Gasteiger partial charge < -0.3 is 10.4 Å². The molecule has 0 radical (unpaired) electrons. The highest BCUT2D eigenvalue weighted by molar-refractivity contribution is 7.92. The molecular weight excluding hydrogens is 599 g/mol. The first-order chi connectivity index (χ1) is 21.1. The molecule has 0 aliphatic rings. The molecule has 0 aliphatic heterocycles. The Balaban J connectivity index is 1.59. The lowest BCUT2D eigenvalue weighted by Gasteiger charge is -2.20. The Kier molecular flexibility index (Phi) is 8.19. The van der Waals surface area contributed by atoms with Crippen LogP contribution >= 0.6 is 0 Å². The first kappa shape index (κ1) is 31.7. The van der Waals surface area contributed by atoms with Crippen molar-refractivity contribution in [1.29, 1.82) is 0 Å². The van der Waals surface area contributed by atoms with E-state index in [1.165, 1.54) is 30.6 Å². The van der Waals surface area contributed by atoms with Gasteiger partial charge in [-0.05, 0) is 62.1 Å². The van der Waals surface area contributed by atoms with Crippen LogP contribution < -0.4 is 16.4 Å². The first-order valence-electron chi connectivity index (χ1n) is 14.2. The Bertz CT molecular complexity index is 2170. The average Bonchev–Trinajstić information content (AvgIpc) is 2.98. The SMILES string of the molecule is Cc1c(-c2cccc(-n3ncc4cc(C(C)(C)C)cc(F)c4c3=O)c2CO)n[nH]c(=O)c1Nc1ccc(S(=O)(=O)C(C)C)cn1. The molecule has 45 heavy (non-hydrogen) atoms. The lowest BCUT2D eigenvalue weighted by Crippen LogP contribution is -2.24. The number of fused-ring (bicyclic) bond motifs is 1. The fourth-order valence-corrected chi connectivity index (χ4v) is 5.97. The van der Waals surface area contributed by atoms with Crippen LogP contribution in [0.5, 0.6) is 0 Å². The zero-order valence-corrected chi connectivity index (χ0v) is 26.5. The summed E-state index contributed by atoms with van der Waals surface area (Å²) in [7, 11) is -3.53. The molecule has 3 N–H and O–H groups in total. The van der Waals surface area contributed by atoms with Gasteiger partial charge in [0.25, 0.3) is 11.1 Å². The summed E-state index contributed by atoms with van der Waals surface area (Å²) in [4.78, 5) is 30.6. The van der Waals surface area contributed by atoms with Crippen molar-refractivity contribution >= 4 is 32.1 Å². The zero-order chi connectivity index (χ0) is 32.8. The normalized spacial score (nSPS) is 12.2. The van der Waals surface area contributed by atoms with Gasteiger partial charge in [0.05, 0.1) is 39.7 Å². The zero-order valence-electron chi connectivity index (χ0n) is 25.6. The van der Waals surface area contributed by atoms with Crippen LogP contribution in [0.3, 0.4) is 0 Å². The highest BCUT2D eigenvalue weighted by Gasteiger charge is 2.23. The Morgan fingerprint density at radius 3 is 2.44 bits per heavy atom. The van der Waals surface area contributed by atoms with Gasteiger partial charge >= 0.3 is 0 Å². The van der Waals surface area contributed by atoms with Crippen LogP contribution in [0, 0.1) is 12.7 Å². The van der Waals surface area contributed by atoms with Crippen LogP contribution in [0.25, 0.3) is 27.7 Å². The summed E-state index contributed by atoms with van der Waals surface area (Å²) in [5.74, 6) is -0.444. The summed E-state index contributed by atoms with van der Waals surface area (Å²) in [6, 6.07) is 10.8. The highest BCUT2D eigenvalue weighted by Crippen LogP contribution is 2.32. The number of benzene rings is 2. The topological polar surface area (TPSA) is 160 Å². The molecule has 5 rings (SSSR count). The van der Waals surface area contributed by atoms with Crippen molar-refractivity contribution < 1.29 is 17.9 Å². The van der Waals surface area contributed by atoms with Crippen LogP contribution in [0.4, 0.5) is 15.9 Å². The molecule has 0 spiro atoms. The summed E-state index contributed by atoms with van der Waals surface area (Å²) in [5, 5.41) is 24.0. The fraction of sp³-hybridized carbons (Fsp3) is 0.281. The summed E-state index contributed by atoms with van der Waals surface area (Å²) in [6.07, 6.45) is 2.64. The van der Waals surface area contributed by atoms with Crippen molar-refractivity contribution in [1.82, 2.24) is 25.0 Å². The minimum absolute atomic E-state index is 0.0561.